The van der Waals surface area contributed by atoms with Crippen LogP contribution >= 0.6 is 11.6 Å². The Labute approximate surface area is 137 Å². The fourth-order valence-corrected chi connectivity index (χ4v) is 3.54. The predicted molar refractivity (Wildman–Crippen MR) is 91.6 cm³/mol. The Kier molecular flexibility index (Phi) is 4.70. The number of hydrogen-bond acceptors (Lipinski definition) is 2. The van der Waals surface area contributed by atoms with E-state index < -0.39 is 0 Å². The monoisotopic (exact) mass is 315 g/mol. The molecule has 0 aliphatic heterocycles. The van der Waals surface area contributed by atoms with Gasteiger partial charge in [-0.15, -0.1) is 0 Å². The Morgan fingerprint density at radius 2 is 1.91 bits per heavy atom. The maximum absolute atomic E-state index is 6.49. The SMILES string of the molecule is CN(C)C1CCCc2c(OCc3ccccc3)ccc(Cl)c21. The van der Waals surface area contributed by atoms with Crippen LogP contribution in [0.15, 0.2) is 42.5 Å². The average molecular weight is 316 g/mol. The van der Waals surface area contributed by atoms with Gasteiger partial charge in [0.25, 0.3) is 0 Å². The summed E-state index contributed by atoms with van der Waals surface area (Å²) in [5.74, 6) is 0.981. The van der Waals surface area contributed by atoms with E-state index in [1.165, 1.54) is 23.1 Å². The van der Waals surface area contributed by atoms with Crippen LogP contribution in [0.5, 0.6) is 5.75 Å². The van der Waals surface area contributed by atoms with E-state index in [4.69, 9.17) is 16.3 Å². The summed E-state index contributed by atoms with van der Waals surface area (Å²) >= 11 is 6.49. The second kappa shape index (κ2) is 6.72. The number of nitrogens with zero attached hydrogens (tertiary/aromatic N) is 1. The largest absolute Gasteiger partial charge is 0.489 e. The third-order valence-electron chi connectivity index (χ3n) is 4.36. The van der Waals surface area contributed by atoms with Crippen molar-refractivity contribution in [2.75, 3.05) is 14.1 Å². The van der Waals surface area contributed by atoms with E-state index in [1.54, 1.807) is 0 Å². The summed E-state index contributed by atoms with van der Waals surface area (Å²) in [4.78, 5) is 2.25. The second-order valence-corrected chi connectivity index (χ2v) is 6.49. The summed E-state index contributed by atoms with van der Waals surface area (Å²) in [5.41, 5.74) is 3.73. The molecule has 0 N–H and O–H groups in total. The van der Waals surface area contributed by atoms with Crippen LogP contribution in [0.3, 0.4) is 0 Å². The van der Waals surface area contributed by atoms with Gasteiger partial charge in [0.1, 0.15) is 12.4 Å². The van der Waals surface area contributed by atoms with Crippen molar-refractivity contribution in [2.45, 2.75) is 31.9 Å². The maximum atomic E-state index is 6.49. The molecule has 0 fully saturated rings. The summed E-state index contributed by atoms with van der Waals surface area (Å²) in [5, 5.41) is 0.862. The van der Waals surface area contributed by atoms with Crippen LogP contribution in [0.25, 0.3) is 0 Å². The third kappa shape index (κ3) is 3.13. The van der Waals surface area contributed by atoms with Crippen LogP contribution < -0.4 is 4.74 Å². The van der Waals surface area contributed by atoms with E-state index in [0.29, 0.717) is 12.6 Å². The molecule has 1 unspecified atom stereocenters. The van der Waals surface area contributed by atoms with Crippen molar-refractivity contribution in [2.24, 2.45) is 0 Å². The fraction of sp³-hybridized carbons (Fsp3) is 0.368. The normalized spacial score (nSPS) is 17.4. The highest BCUT2D eigenvalue weighted by Crippen LogP contribution is 2.41. The van der Waals surface area contributed by atoms with Crippen molar-refractivity contribution in [1.82, 2.24) is 4.90 Å². The Morgan fingerprint density at radius 1 is 1.14 bits per heavy atom. The van der Waals surface area contributed by atoms with E-state index in [9.17, 15) is 0 Å². The quantitative estimate of drug-likeness (QED) is 0.799. The second-order valence-electron chi connectivity index (χ2n) is 6.08. The van der Waals surface area contributed by atoms with Gasteiger partial charge in [0.05, 0.1) is 0 Å². The molecule has 1 aliphatic carbocycles. The highest BCUT2D eigenvalue weighted by Gasteiger charge is 2.27. The van der Waals surface area contributed by atoms with E-state index in [0.717, 1.165) is 23.6 Å². The first-order valence-corrected chi connectivity index (χ1v) is 8.19. The predicted octanol–water partition coefficient (Wildman–Crippen LogP) is 4.86. The zero-order chi connectivity index (χ0) is 15.5. The number of hydrogen-bond donors (Lipinski definition) is 0. The Hall–Kier alpha value is -1.51. The first-order valence-electron chi connectivity index (χ1n) is 7.81. The van der Waals surface area contributed by atoms with Crippen molar-refractivity contribution in [3.05, 3.63) is 64.2 Å². The van der Waals surface area contributed by atoms with Gasteiger partial charge >= 0.3 is 0 Å². The molecule has 116 valence electrons. The zero-order valence-electron chi connectivity index (χ0n) is 13.2. The van der Waals surface area contributed by atoms with Gasteiger partial charge in [0.15, 0.2) is 0 Å². The Balaban J connectivity index is 1.88. The average Bonchev–Trinajstić information content (AvgIpc) is 2.55. The van der Waals surface area contributed by atoms with Crippen molar-refractivity contribution in [3.8, 4) is 5.75 Å². The number of halogens is 1. The molecule has 3 heteroatoms. The molecule has 2 aromatic rings. The molecular weight excluding hydrogens is 294 g/mol. The van der Waals surface area contributed by atoms with Crippen LogP contribution in [0.2, 0.25) is 5.02 Å². The van der Waals surface area contributed by atoms with Gasteiger partial charge in [-0.25, -0.2) is 0 Å². The van der Waals surface area contributed by atoms with Crippen molar-refractivity contribution in [3.63, 3.8) is 0 Å². The van der Waals surface area contributed by atoms with Gasteiger partial charge in [-0.1, -0.05) is 41.9 Å². The molecule has 0 bridgehead atoms. The van der Waals surface area contributed by atoms with Crippen molar-refractivity contribution in [1.29, 1.82) is 0 Å². The lowest BCUT2D eigenvalue weighted by molar-refractivity contribution is 0.260. The van der Waals surface area contributed by atoms with Crippen LogP contribution in [-0.4, -0.2) is 19.0 Å². The maximum Gasteiger partial charge on any atom is 0.123 e. The molecular formula is C19H22ClNO. The molecule has 22 heavy (non-hydrogen) atoms. The number of ether oxygens (including phenoxy) is 1. The van der Waals surface area contributed by atoms with Crippen LogP contribution in [0, 0.1) is 0 Å². The zero-order valence-corrected chi connectivity index (χ0v) is 13.9. The molecule has 0 amide bonds. The number of rotatable bonds is 4. The lowest BCUT2D eigenvalue weighted by Crippen LogP contribution is -2.25. The van der Waals surface area contributed by atoms with Gasteiger partial charge in [0.2, 0.25) is 0 Å². The molecule has 1 atom stereocenters. The minimum atomic E-state index is 0.386. The van der Waals surface area contributed by atoms with E-state index in [2.05, 4.69) is 31.1 Å². The topological polar surface area (TPSA) is 12.5 Å². The number of benzene rings is 2. The smallest absolute Gasteiger partial charge is 0.123 e. The molecule has 1 aliphatic rings. The molecule has 0 radical (unpaired) electrons. The van der Waals surface area contributed by atoms with Gasteiger partial charge in [-0.3, -0.25) is 0 Å². The van der Waals surface area contributed by atoms with E-state index in [1.807, 2.05) is 30.3 Å². The van der Waals surface area contributed by atoms with Gasteiger partial charge < -0.3 is 9.64 Å². The highest BCUT2D eigenvalue weighted by molar-refractivity contribution is 6.31. The lowest BCUT2D eigenvalue weighted by atomic mass is 9.86. The minimum Gasteiger partial charge on any atom is -0.489 e. The van der Waals surface area contributed by atoms with Gasteiger partial charge in [0, 0.05) is 16.6 Å². The molecule has 3 rings (SSSR count). The first-order chi connectivity index (χ1) is 10.7. The Morgan fingerprint density at radius 3 is 2.64 bits per heavy atom. The molecule has 2 nitrogen and oxygen atoms in total. The molecule has 2 aromatic carbocycles. The van der Waals surface area contributed by atoms with Gasteiger partial charge in [-0.05, 0) is 56.6 Å². The number of fused-ring (bicyclic) bond motifs is 1. The molecule has 0 saturated heterocycles. The molecule has 0 spiro atoms. The van der Waals surface area contributed by atoms with E-state index >= 15 is 0 Å². The van der Waals surface area contributed by atoms with Crippen molar-refractivity contribution >= 4 is 11.6 Å². The van der Waals surface area contributed by atoms with E-state index in [-0.39, 0.29) is 0 Å². The Bertz CT molecular complexity index is 639. The molecule has 0 saturated carbocycles. The summed E-state index contributed by atoms with van der Waals surface area (Å²) in [6, 6.07) is 14.7. The summed E-state index contributed by atoms with van der Waals surface area (Å²) in [6.07, 6.45) is 3.38. The van der Waals surface area contributed by atoms with Crippen LogP contribution in [-0.2, 0) is 13.0 Å². The lowest BCUT2D eigenvalue weighted by Gasteiger charge is -2.32. The highest BCUT2D eigenvalue weighted by atomic mass is 35.5. The fourth-order valence-electron chi connectivity index (χ4n) is 3.24. The van der Waals surface area contributed by atoms with Crippen LogP contribution in [0.1, 0.15) is 35.6 Å². The summed E-state index contributed by atoms with van der Waals surface area (Å²) in [6.45, 7) is 0.599. The standard InChI is InChI=1S/C19H22ClNO/c1-21(2)17-10-6-9-15-18(12-11-16(20)19(15)17)22-13-14-7-4-3-5-8-14/h3-5,7-8,11-12,17H,6,9-10,13H2,1-2H3. The summed E-state index contributed by atoms with van der Waals surface area (Å²) in [7, 11) is 4.24. The third-order valence-corrected chi connectivity index (χ3v) is 4.69. The molecule has 0 aromatic heterocycles. The van der Waals surface area contributed by atoms with Crippen molar-refractivity contribution < 1.29 is 4.74 Å². The molecule has 0 heterocycles. The minimum absolute atomic E-state index is 0.386. The van der Waals surface area contributed by atoms with Gasteiger partial charge in [-0.2, -0.15) is 0 Å². The summed E-state index contributed by atoms with van der Waals surface area (Å²) < 4.78 is 6.10. The first kappa shape index (κ1) is 15.4. The van der Waals surface area contributed by atoms with Crippen LogP contribution in [0.4, 0.5) is 0 Å².